The van der Waals surface area contributed by atoms with Gasteiger partial charge in [0.1, 0.15) is 5.52 Å². The van der Waals surface area contributed by atoms with E-state index in [0.29, 0.717) is 24.1 Å². The zero-order valence-electron chi connectivity index (χ0n) is 15.9. The van der Waals surface area contributed by atoms with Crippen LogP contribution in [0.5, 0.6) is 11.5 Å². The van der Waals surface area contributed by atoms with Gasteiger partial charge >= 0.3 is 0 Å². The quantitative estimate of drug-likeness (QED) is 0.410. The number of hydrogen-bond donors (Lipinski definition) is 1. The fourth-order valence-electron chi connectivity index (χ4n) is 3.11. The molecular formula is C20H20N6O2. The number of hydrogen-bond acceptors (Lipinski definition) is 7. The standard InChI is InChI=1S/C20H20N6O2/c1-4-28-18-13(8-7-11-16(18)27-3)12-21-24-20-22-19-17(23-25-20)14-9-5-6-10-15(14)26(19)2/h5-12H,4H2,1-3H3,(H,22,24,25)/b21-12+. The van der Waals surface area contributed by atoms with Gasteiger partial charge in [0.2, 0.25) is 0 Å². The first kappa shape index (κ1) is 17.7. The van der Waals surface area contributed by atoms with Crippen molar-refractivity contribution in [3.05, 3.63) is 48.0 Å². The maximum Gasteiger partial charge on any atom is 0.265 e. The van der Waals surface area contributed by atoms with Crippen molar-refractivity contribution in [3.8, 4) is 11.5 Å². The van der Waals surface area contributed by atoms with Crippen molar-refractivity contribution < 1.29 is 9.47 Å². The van der Waals surface area contributed by atoms with Crippen molar-refractivity contribution in [2.24, 2.45) is 12.1 Å². The number of nitrogens with zero attached hydrogens (tertiary/aromatic N) is 5. The highest BCUT2D eigenvalue weighted by Crippen LogP contribution is 2.30. The summed E-state index contributed by atoms with van der Waals surface area (Å²) in [5, 5.41) is 13.7. The van der Waals surface area contributed by atoms with Crippen LogP contribution in [0.1, 0.15) is 12.5 Å². The molecule has 0 aliphatic heterocycles. The smallest absolute Gasteiger partial charge is 0.265 e. The van der Waals surface area contributed by atoms with Crippen molar-refractivity contribution >= 4 is 34.2 Å². The Kier molecular flexibility index (Phi) is 4.76. The van der Waals surface area contributed by atoms with Gasteiger partial charge in [-0.3, -0.25) is 0 Å². The summed E-state index contributed by atoms with van der Waals surface area (Å²) in [6.07, 6.45) is 1.64. The molecule has 2 heterocycles. The van der Waals surface area contributed by atoms with Gasteiger partial charge in [-0.1, -0.05) is 24.3 Å². The summed E-state index contributed by atoms with van der Waals surface area (Å²) in [6.45, 7) is 2.45. The van der Waals surface area contributed by atoms with Crippen molar-refractivity contribution in [2.75, 3.05) is 19.1 Å². The average Bonchev–Trinajstić information content (AvgIpc) is 3.01. The minimum Gasteiger partial charge on any atom is -0.493 e. The third kappa shape index (κ3) is 3.09. The Hall–Kier alpha value is -3.68. The third-order valence-electron chi connectivity index (χ3n) is 4.39. The molecule has 0 radical (unpaired) electrons. The summed E-state index contributed by atoms with van der Waals surface area (Å²) in [5.74, 6) is 1.61. The van der Waals surface area contributed by atoms with E-state index in [1.807, 2.05) is 61.0 Å². The number of anilines is 1. The molecule has 0 aliphatic carbocycles. The zero-order valence-corrected chi connectivity index (χ0v) is 15.9. The Morgan fingerprint density at radius 3 is 2.82 bits per heavy atom. The molecule has 0 aliphatic rings. The molecule has 4 rings (SSSR count). The van der Waals surface area contributed by atoms with Crippen LogP contribution in [-0.2, 0) is 7.05 Å². The van der Waals surface area contributed by atoms with Gasteiger partial charge in [-0.25, -0.2) is 5.43 Å². The topological polar surface area (TPSA) is 86.5 Å². The molecule has 0 bridgehead atoms. The van der Waals surface area contributed by atoms with Gasteiger partial charge in [0.05, 0.1) is 25.4 Å². The fourth-order valence-corrected chi connectivity index (χ4v) is 3.11. The first-order chi connectivity index (χ1) is 13.7. The molecular weight excluding hydrogens is 356 g/mol. The minimum absolute atomic E-state index is 0.315. The molecule has 0 saturated carbocycles. The monoisotopic (exact) mass is 376 g/mol. The normalized spacial score (nSPS) is 11.4. The highest BCUT2D eigenvalue weighted by Gasteiger charge is 2.12. The van der Waals surface area contributed by atoms with Crippen molar-refractivity contribution in [3.63, 3.8) is 0 Å². The van der Waals surface area contributed by atoms with Crippen LogP contribution < -0.4 is 14.9 Å². The molecule has 0 spiro atoms. The van der Waals surface area contributed by atoms with E-state index in [4.69, 9.17) is 9.47 Å². The van der Waals surface area contributed by atoms with Crippen LogP contribution in [0.3, 0.4) is 0 Å². The molecule has 0 atom stereocenters. The summed E-state index contributed by atoms with van der Waals surface area (Å²) in [4.78, 5) is 4.54. The lowest BCUT2D eigenvalue weighted by Crippen LogP contribution is -2.02. The van der Waals surface area contributed by atoms with Gasteiger partial charge in [0, 0.05) is 18.0 Å². The molecule has 4 aromatic rings. The predicted octanol–water partition coefficient (Wildman–Crippen LogP) is 3.37. The highest BCUT2D eigenvalue weighted by molar-refractivity contribution is 6.04. The van der Waals surface area contributed by atoms with Crippen LogP contribution in [0.15, 0.2) is 47.6 Å². The number of rotatable bonds is 6. The highest BCUT2D eigenvalue weighted by atomic mass is 16.5. The van der Waals surface area contributed by atoms with Gasteiger partial charge in [0.25, 0.3) is 5.95 Å². The Balaban J connectivity index is 1.63. The summed E-state index contributed by atoms with van der Waals surface area (Å²) >= 11 is 0. The van der Waals surface area contributed by atoms with Crippen LogP contribution in [0.25, 0.3) is 22.1 Å². The number of aryl methyl sites for hydroxylation is 1. The summed E-state index contributed by atoms with van der Waals surface area (Å²) < 4.78 is 13.0. The van der Waals surface area contributed by atoms with Gasteiger partial charge < -0.3 is 14.0 Å². The van der Waals surface area contributed by atoms with E-state index in [9.17, 15) is 0 Å². The lowest BCUT2D eigenvalue weighted by Gasteiger charge is -2.11. The second-order valence-corrected chi connectivity index (χ2v) is 6.07. The molecule has 8 nitrogen and oxygen atoms in total. The van der Waals surface area contributed by atoms with Crippen LogP contribution in [-0.4, -0.2) is 39.7 Å². The molecule has 1 N–H and O–H groups in total. The lowest BCUT2D eigenvalue weighted by molar-refractivity contribution is 0.310. The molecule has 0 fully saturated rings. The number of hydrazone groups is 1. The maximum atomic E-state index is 5.68. The molecule has 2 aromatic carbocycles. The first-order valence-electron chi connectivity index (χ1n) is 8.89. The van der Waals surface area contributed by atoms with Crippen LogP contribution in [0.2, 0.25) is 0 Å². The van der Waals surface area contributed by atoms with E-state index in [2.05, 4.69) is 25.7 Å². The van der Waals surface area contributed by atoms with Gasteiger partial charge in [-0.15, -0.1) is 10.2 Å². The molecule has 8 heteroatoms. The fraction of sp³-hybridized carbons (Fsp3) is 0.200. The van der Waals surface area contributed by atoms with E-state index in [0.717, 1.165) is 27.6 Å². The second kappa shape index (κ2) is 7.51. The number of para-hydroxylation sites is 2. The van der Waals surface area contributed by atoms with E-state index >= 15 is 0 Å². The van der Waals surface area contributed by atoms with Gasteiger partial charge in [0.15, 0.2) is 17.1 Å². The van der Waals surface area contributed by atoms with E-state index in [1.165, 1.54) is 0 Å². The zero-order chi connectivity index (χ0) is 19.5. The van der Waals surface area contributed by atoms with E-state index in [-0.39, 0.29) is 0 Å². The molecule has 0 amide bonds. The van der Waals surface area contributed by atoms with Crippen molar-refractivity contribution in [2.45, 2.75) is 6.92 Å². The number of methoxy groups -OCH3 is 1. The van der Waals surface area contributed by atoms with Crippen LogP contribution in [0.4, 0.5) is 5.95 Å². The number of benzene rings is 2. The molecule has 28 heavy (non-hydrogen) atoms. The molecule has 0 saturated heterocycles. The van der Waals surface area contributed by atoms with Crippen LogP contribution in [0, 0.1) is 0 Å². The molecule has 2 aromatic heterocycles. The van der Waals surface area contributed by atoms with Crippen LogP contribution >= 0.6 is 0 Å². The summed E-state index contributed by atoms with van der Waals surface area (Å²) in [5.41, 5.74) is 6.18. The summed E-state index contributed by atoms with van der Waals surface area (Å²) in [7, 11) is 3.56. The van der Waals surface area contributed by atoms with E-state index in [1.54, 1.807) is 13.3 Å². The first-order valence-corrected chi connectivity index (χ1v) is 8.89. The Morgan fingerprint density at radius 2 is 2.00 bits per heavy atom. The van der Waals surface area contributed by atoms with Gasteiger partial charge in [-0.05, 0) is 25.1 Å². The molecule has 142 valence electrons. The number of ether oxygens (including phenoxy) is 2. The second-order valence-electron chi connectivity index (χ2n) is 6.07. The summed E-state index contributed by atoms with van der Waals surface area (Å²) in [6, 6.07) is 13.6. The van der Waals surface area contributed by atoms with Crippen molar-refractivity contribution in [1.29, 1.82) is 0 Å². The predicted molar refractivity (Wildman–Crippen MR) is 109 cm³/mol. The van der Waals surface area contributed by atoms with E-state index < -0.39 is 0 Å². The Bertz CT molecular complexity index is 1170. The number of fused-ring (bicyclic) bond motifs is 3. The largest absolute Gasteiger partial charge is 0.493 e. The van der Waals surface area contributed by atoms with Gasteiger partial charge in [-0.2, -0.15) is 10.1 Å². The SMILES string of the molecule is CCOc1c(/C=N/Nc2nnc3c4ccccc4n(C)c3n2)cccc1OC. The number of aromatic nitrogens is 4. The van der Waals surface area contributed by atoms with Crippen molar-refractivity contribution in [1.82, 2.24) is 19.7 Å². The third-order valence-corrected chi connectivity index (χ3v) is 4.39. The Morgan fingerprint density at radius 1 is 1.14 bits per heavy atom. The minimum atomic E-state index is 0.315. The average molecular weight is 376 g/mol. The number of nitrogens with one attached hydrogen (secondary N) is 1. The Labute approximate surface area is 161 Å². The maximum absolute atomic E-state index is 5.68. The molecule has 0 unspecified atom stereocenters. The lowest BCUT2D eigenvalue weighted by atomic mass is 10.2.